The van der Waals surface area contributed by atoms with Crippen molar-refractivity contribution in [2.75, 3.05) is 21.3 Å². The van der Waals surface area contributed by atoms with E-state index in [1.54, 1.807) is 31.2 Å². The van der Waals surface area contributed by atoms with Crippen LogP contribution in [-0.4, -0.2) is 43.0 Å². The van der Waals surface area contributed by atoms with Crippen LogP contribution in [-0.2, 0) is 25.7 Å². The van der Waals surface area contributed by atoms with Gasteiger partial charge in [0.2, 0.25) is 11.8 Å². The minimum absolute atomic E-state index is 0.0372. The Morgan fingerprint density at radius 1 is 1.06 bits per heavy atom. The first-order chi connectivity index (χ1) is 17.4. The zero-order chi connectivity index (χ0) is 26.1. The molecule has 3 aromatic rings. The number of aryl methyl sites for hydroxylation is 1. The van der Waals surface area contributed by atoms with Crippen molar-refractivity contribution in [3.63, 3.8) is 0 Å². The molecular weight excluding hydrogens is 486 g/mol. The molecule has 0 saturated carbocycles. The zero-order valence-corrected chi connectivity index (χ0v) is 21.3. The van der Waals surface area contributed by atoms with Gasteiger partial charge in [-0.3, -0.25) is 0 Å². The van der Waals surface area contributed by atoms with Gasteiger partial charge in [0.15, 0.2) is 0 Å². The number of oxime groups is 1. The topological polar surface area (TPSA) is 101 Å². The lowest BCUT2D eigenvalue weighted by atomic mass is 10.1. The van der Waals surface area contributed by atoms with E-state index in [4.69, 9.17) is 35.4 Å². The average Bonchev–Trinajstić information content (AvgIpc) is 2.87. The second-order valence-corrected chi connectivity index (χ2v) is 7.87. The number of ether oxygens (including phenoxy) is 4. The summed E-state index contributed by atoms with van der Waals surface area (Å²) in [7, 11) is 4.10. The molecule has 0 aliphatic heterocycles. The third kappa shape index (κ3) is 6.73. The van der Waals surface area contributed by atoms with Crippen molar-refractivity contribution >= 4 is 28.9 Å². The van der Waals surface area contributed by atoms with Gasteiger partial charge in [-0.15, -0.1) is 0 Å². The number of aromatic nitrogens is 2. The molecule has 0 spiro atoms. The molecule has 2 aromatic carbocycles. The smallest absolute Gasteiger partial charge is 0.342 e. The molecule has 0 saturated heterocycles. The SMILES string of the molecule is COC=C(C(=O)OC)c1c(OC)nc(C)nc1Oc1cccc(C(C)=NOCc2cccc(Cl)c2)c1. The van der Waals surface area contributed by atoms with Crippen LogP contribution in [0.2, 0.25) is 5.02 Å². The van der Waals surface area contributed by atoms with Gasteiger partial charge in [0, 0.05) is 10.6 Å². The van der Waals surface area contributed by atoms with Crippen molar-refractivity contribution in [1.29, 1.82) is 0 Å². The number of benzene rings is 2. The molecule has 1 heterocycles. The van der Waals surface area contributed by atoms with Gasteiger partial charge in [-0.25, -0.2) is 4.79 Å². The molecule has 1 aromatic heterocycles. The monoisotopic (exact) mass is 511 g/mol. The Bertz CT molecular complexity index is 1290. The molecule has 0 radical (unpaired) electrons. The van der Waals surface area contributed by atoms with Crippen molar-refractivity contribution in [1.82, 2.24) is 9.97 Å². The van der Waals surface area contributed by atoms with Crippen LogP contribution >= 0.6 is 11.6 Å². The molecule has 0 atom stereocenters. The zero-order valence-electron chi connectivity index (χ0n) is 20.6. The molecule has 0 aliphatic carbocycles. The molecule has 0 unspecified atom stereocenters. The lowest BCUT2D eigenvalue weighted by Gasteiger charge is -2.15. The van der Waals surface area contributed by atoms with Gasteiger partial charge in [0.1, 0.15) is 29.3 Å². The Morgan fingerprint density at radius 2 is 1.81 bits per heavy atom. The first-order valence-electron chi connectivity index (χ1n) is 10.8. The van der Waals surface area contributed by atoms with Crippen LogP contribution in [0.1, 0.15) is 29.4 Å². The van der Waals surface area contributed by atoms with E-state index < -0.39 is 5.97 Å². The predicted octanol–water partition coefficient (Wildman–Crippen LogP) is 5.34. The summed E-state index contributed by atoms with van der Waals surface area (Å²) in [5.41, 5.74) is 2.53. The quantitative estimate of drug-likeness (QED) is 0.118. The van der Waals surface area contributed by atoms with Crippen molar-refractivity contribution in [2.45, 2.75) is 20.5 Å². The summed E-state index contributed by atoms with van der Waals surface area (Å²) >= 11 is 6.01. The van der Waals surface area contributed by atoms with E-state index in [0.29, 0.717) is 22.3 Å². The Balaban J connectivity index is 1.90. The van der Waals surface area contributed by atoms with Gasteiger partial charge in [-0.05, 0) is 43.7 Å². The number of hydrogen-bond acceptors (Lipinski definition) is 9. The minimum atomic E-state index is -0.666. The minimum Gasteiger partial charge on any atom is -0.503 e. The van der Waals surface area contributed by atoms with Crippen LogP contribution in [0.3, 0.4) is 0 Å². The summed E-state index contributed by atoms with van der Waals surface area (Å²) in [6.07, 6.45) is 1.22. The van der Waals surface area contributed by atoms with E-state index in [9.17, 15) is 4.79 Å². The van der Waals surface area contributed by atoms with E-state index in [1.165, 1.54) is 27.6 Å². The van der Waals surface area contributed by atoms with Gasteiger partial charge >= 0.3 is 5.97 Å². The van der Waals surface area contributed by atoms with Crippen LogP contribution in [0, 0.1) is 6.92 Å². The van der Waals surface area contributed by atoms with Crippen molar-refractivity contribution in [3.05, 3.63) is 82.3 Å². The maximum absolute atomic E-state index is 12.5. The summed E-state index contributed by atoms with van der Waals surface area (Å²) in [6, 6.07) is 14.6. The maximum atomic E-state index is 12.5. The number of methoxy groups -OCH3 is 3. The highest BCUT2D eigenvalue weighted by molar-refractivity contribution is 6.30. The molecular formula is C26H26ClN3O6. The van der Waals surface area contributed by atoms with Gasteiger partial charge in [-0.1, -0.05) is 41.0 Å². The fraction of sp³-hybridized carbons (Fsp3) is 0.231. The predicted molar refractivity (Wildman–Crippen MR) is 135 cm³/mol. The number of hydrogen-bond donors (Lipinski definition) is 0. The first kappa shape index (κ1) is 26.5. The normalized spacial score (nSPS) is 11.6. The van der Waals surface area contributed by atoms with Crippen molar-refractivity contribution in [2.24, 2.45) is 5.16 Å². The van der Waals surface area contributed by atoms with E-state index in [1.807, 2.05) is 31.2 Å². The maximum Gasteiger partial charge on any atom is 0.342 e. The van der Waals surface area contributed by atoms with E-state index in [2.05, 4.69) is 15.1 Å². The fourth-order valence-corrected chi connectivity index (χ4v) is 3.40. The Kier molecular flexibility index (Phi) is 9.24. The van der Waals surface area contributed by atoms with Crippen LogP contribution < -0.4 is 9.47 Å². The highest BCUT2D eigenvalue weighted by atomic mass is 35.5. The fourth-order valence-electron chi connectivity index (χ4n) is 3.19. The third-order valence-corrected chi connectivity index (χ3v) is 5.08. The van der Waals surface area contributed by atoms with Crippen LogP contribution in [0.25, 0.3) is 5.57 Å². The number of rotatable bonds is 10. The van der Waals surface area contributed by atoms with Crippen LogP contribution in [0.4, 0.5) is 0 Å². The molecule has 9 nitrogen and oxygen atoms in total. The lowest BCUT2D eigenvalue weighted by molar-refractivity contribution is -0.133. The molecule has 3 rings (SSSR count). The Morgan fingerprint density at radius 3 is 2.50 bits per heavy atom. The van der Waals surface area contributed by atoms with E-state index in [-0.39, 0.29) is 29.5 Å². The summed E-state index contributed by atoms with van der Waals surface area (Å²) in [5.74, 6) is 0.392. The number of esters is 1. The summed E-state index contributed by atoms with van der Waals surface area (Å²) in [6.45, 7) is 3.78. The number of carbonyl (C=O) groups is 1. The Labute approximate surface area is 214 Å². The molecule has 0 amide bonds. The molecule has 0 aliphatic rings. The number of halogens is 1. The molecule has 0 N–H and O–H groups in total. The second-order valence-electron chi connectivity index (χ2n) is 7.43. The largest absolute Gasteiger partial charge is 0.503 e. The van der Waals surface area contributed by atoms with E-state index in [0.717, 1.165) is 11.1 Å². The summed E-state index contributed by atoms with van der Waals surface area (Å²) in [4.78, 5) is 26.6. The molecule has 188 valence electrons. The standard InChI is InChI=1S/C26H26ClN3O6/c1-16(30-35-14-18-8-6-10-20(27)12-18)19-9-7-11-21(13-19)36-25-23(22(15-32-3)26(31)34-5)24(33-4)28-17(2)29-25/h6-13,15H,14H2,1-5H3. The summed E-state index contributed by atoms with van der Waals surface area (Å²) in [5, 5.41) is 4.83. The number of nitrogens with zero attached hydrogens (tertiary/aromatic N) is 3. The highest BCUT2D eigenvalue weighted by Gasteiger charge is 2.26. The van der Waals surface area contributed by atoms with Gasteiger partial charge in [-0.2, -0.15) is 9.97 Å². The molecule has 36 heavy (non-hydrogen) atoms. The van der Waals surface area contributed by atoms with Gasteiger partial charge < -0.3 is 23.8 Å². The lowest BCUT2D eigenvalue weighted by Crippen LogP contribution is -2.10. The van der Waals surface area contributed by atoms with Crippen molar-refractivity contribution < 1.29 is 28.6 Å². The van der Waals surface area contributed by atoms with Crippen LogP contribution in [0.5, 0.6) is 17.5 Å². The average molecular weight is 512 g/mol. The molecule has 0 bridgehead atoms. The van der Waals surface area contributed by atoms with Crippen molar-refractivity contribution in [3.8, 4) is 17.5 Å². The third-order valence-electron chi connectivity index (χ3n) is 4.85. The van der Waals surface area contributed by atoms with E-state index >= 15 is 0 Å². The summed E-state index contributed by atoms with van der Waals surface area (Å²) < 4.78 is 21.5. The van der Waals surface area contributed by atoms with Gasteiger partial charge in [0.25, 0.3) is 0 Å². The number of carbonyl (C=O) groups excluding carboxylic acids is 1. The molecule has 0 fully saturated rings. The molecule has 10 heteroatoms. The van der Waals surface area contributed by atoms with Crippen LogP contribution in [0.15, 0.2) is 59.9 Å². The Hall–Kier alpha value is -4.11. The van der Waals surface area contributed by atoms with Gasteiger partial charge in [0.05, 0.1) is 33.3 Å². The second kappa shape index (κ2) is 12.6. The highest BCUT2D eigenvalue weighted by Crippen LogP contribution is 2.35. The first-order valence-corrected chi connectivity index (χ1v) is 11.2.